The number of amides is 1. The topological polar surface area (TPSA) is 127 Å². The first-order valence-electron chi connectivity index (χ1n) is 6.93. The summed E-state index contributed by atoms with van der Waals surface area (Å²) in [5.41, 5.74) is 6.36. The zero-order valence-electron chi connectivity index (χ0n) is 12.2. The van der Waals surface area contributed by atoms with Crippen molar-refractivity contribution in [3.63, 3.8) is 0 Å². The SMILES string of the molecule is NC1C(=O)N2C(C(=O)O)=C(CSc3ccc([N+](=O)[O-])cc3)CSC12. The van der Waals surface area contributed by atoms with E-state index in [1.165, 1.54) is 40.6 Å². The van der Waals surface area contributed by atoms with Gasteiger partial charge in [0, 0.05) is 28.5 Å². The van der Waals surface area contributed by atoms with Gasteiger partial charge in [-0.25, -0.2) is 4.79 Å². The molecule has 1 fully saturated rings. The molecule has 0 saturated carbocycles. The number of β-lactam (4-membered cyclic amide) rings is 1. The Kier molecular flexibility index (Phi) is 4.52. The first-order chi connectivity index (χ1) is 11.4. The molecule has 0 spiro atoms. The van der Waals surface area contributed by atoms with Crippen molar-refractivity contribution in [2.45, 2.75) is 16.3 Å². The molecule has 1 aromatic carbocycles. The zero-order valence-corrected chi connectivity index (χ0v) is 13.9. The van der Waals surface area contributed by atoms with Crippen LogP contribution in [-0.2, 0) is 9.59 Å². The summed E-state index contributed by atoms with van der Waals surface area (Å²) in [6.07, 6.45) is 0. The predicted molar refractivity (Wildman–Crippen MR) is 89.5 cm³/mol. The summed E-state index contributed by atoms with van der Waals surface area (Å²) in [6.45, 7) is 0. The van der Waals surface area contributed by atoms with Crippen molar-refractivity contribution in [1.29, 1.82) is 0 Å². The fraction of sp³-hybridized carbons (Fsp3) is 0.286. The third kappa shape index (κ3) is 2.87. The third-order valence-corrected chi connectivity index (χ3v) is 6.21. The molecule has 0 aliphatic carbocycles. The van der Waals surface area contributed by atoms with Crippen LogP contribution in [0, 0.1) is 10.1 Å². The molecular formula is C14H13N3O5S2. The maximum absolute atomic E-state index is 11.9. The summed E-state index contributed by atoms with van der Waals surface area (Å²) in [6, 6.07) is 5.39. The highest BCUT2D eigenvalue weighted by atomic mass is 32.2. The fourth-order valence-electron chi connectivity index (χ4n) is 2.53. The second-order valence-electron chi connectivity index (χ2n) is 5.23. The molecule has 2 aliphatic heterocycles. The minimum atomic E-state index is -1.14. The summed E-state index contributed by atoms with van der Waals surface area (Å²) in [5, 5.41) is 19.8. The molecule has 3 N–H and O–H groups in total. The van der Waals surface area contributed by atoms with E-state index in [0.717, 1.165) is 4.90 Å². The van der Waals surface area contributed by atoms with E-state index in [2.05, 4.69) is 0 Å². The number of rotatable bonds is 5. The van der Waals surface area contributed by atoms with Crippen molar-refractivity contribution in [3.05, 3.63) is 45.6 Å². The average Bonchev–Trinajstić information content (AvgIpc) is 2.58. The molecule has 1 aromatic rings. The van der Waals surface area contributed by atoms with Crippen molar-refractivity contribution in [2.24, 2.45) is 5.73 Å². The van der Waals surface area contributed by atoms with Crippen LogP contribution < -0.4 is 5.73 Å². The summed E-state index contributed by atoms with van der Waals surface area (Å²) < 4.78 is 0. The van der Waals surface area contributed by atoms with Crippen LogP contribution >= 0.6 is 23.5 Å². The lowest BCUT2D eigenvalue weighted by Crippen LogP contribution is -2.68. The standard InChI is InChI=1S/C14H13N3O5S2/c15-10-12(18)16-11(14(19)20)7(6-24-13(10)16)5-23-9-3-1-8(2-4-9)17(21)22/h1-4,10,13H,5-6,15H2,(H,19,20). The highest BCUT2D eigenvalue weighted by Gasteiger charge is 2.51. The minimum Gasteiger partial charge on any atom is -0.477 e. The van der Waals surface area contributed by atoms with Crippen molar-refractivity contribution >= 4 is 41.1 Å². The summed E-state index contributed by atoms with van der Waals surface area (Å²) in [5.74, 6) is -0.635. The van der Waals surface area contributed by atoms with Gasteiger partial charge in [0.1, 0.15) is 17.1 Å². The predicted octanol–water partition coefficient (Wildman–Crippen LogP) is 1.27. The molecule has 24 heavy (non-hydrogen) atoms. The van der Waals surface area contributed by atoms with Gasteiger partial charge in [-0.05, 0) is 17.7 Å². The number of carbonyl (C=O) groups is 2. The molecule has 126 valence electrons. The average molecular weight is 367 g/mol. The molecule has 0 radical (unpaired) electrons. The number of nitro benzene ring substituents is 1. The first kappa shape index (κ1) is 16.8. The number of carboxylic acids is 1. The number of hydrogen-bond donors (Lipinski definition) is 2. The number of nitro groups is 1. The van der Waals surface area contributed by atoms with E-state index < -0.39 is 16.9 Å². The number of nitrogens with two attached hydrogens (primary N) is 1. The molecule has 2 atom stereocenters. The van der Waals surface area contributed by atoms with Gasteiger partial charge in [0.2, 0.25) is 5.91 Å². The lowest BCUT2D eigenvalue weighted by molar-refractivity contribution is -0.384. The molecule has 2 unspecified atom stereocenters. The Labute approximate surface area is 145 Å². The van der Waals surface area contributed by atoms with Gasteiger partial charge in [0.15, 0.2) is 0 Å². The number of aliphatic carboxylic acids is 1. The quantitative estimate of drug-likeness (QED) is 0.345. The molecule has 0 bridgehead atoms. The van der Waals surface area contributed by atoms with Gasteiger partial charge in [0.25, 0.3) is 5.69 Å². The fourth-order valence-corrected chi connectivity index (χ4v) is 4.86. The van der Waals surface area contributed by atoms with Crippen LogP contribution in [0.5, 0.6) is 0 Å². The van der Waals surface area contributed by atoms with E-state index in [0.29, 0.717) is 17.1 Å². The molecule has 1 saturated heterocycles. The molecule has 8 nitrogen and oxygen atoms in total. The maximum Gasteiger partial charge on any atom is 0.352 e. The van der Waals surface area contributed by atoms with E-state index in [4.69, 9.17) is 5.73 Å². The Morgan fingerprint density at radius 3 is 2.71 bits per heavy atom. The highest BCUT2D eigenvalue weighted by molar-refractivity contribution is 8.01. The molecule has 2 aliphatic rings. The van der Waals surface area contributed by atoms with E-state index in [9.17, 15) is 24.8 Å². The van der Waals surface area contributed by atoms with Gasteiger partial charge < -0.3 is 10.8 Å². The second kappa shape index (κ2) is 6.46. The number of nitrogens with zero attached hydrogens (tertiary/aromatic N) is 2. The molecular weight excluding hydrogens is 354 g/mol. The smallest absolute Gasteiger partial charge is 0.352 e. The van der Waals surface area contributed by atoms with Crippen molar-refractivity contribution < 1.29 is 19.6 Å². The Hall–Kier alpha value is -2.04. The number of carbonyl (C=O) groups excluding carboxylic acids is 1. The van der Waals surface area contributed by atoms with Gasteiger partial charge in [-0.1, -0.05) is 0 Å². The Bertz CT molecular complexity index is 749. The van der Waals surface area contributed by atoms with Gasteiger partial charge in [-0.2, -0.15) is 0 Å². The number of fused-ring (bicyclic) bond motifs is 1. The van der Waals surface area contributed by atoms with Crippen molar-refractivity contribution in [3.8, 4) is 0 Å². The van der Waals surface area contributed by atoms with Gasteiger partial charge in [-0.3, -0.25) is 19.8 Å². The number of non-ortho nitro benzene ring substituents is 1. The number of thioether (sulfide) groups is 2. The molecule has 2 heterocycles. The Morgan fingerprint density at radius 2 is 2.12 bits per heavy atom. The van der Waals surface area contributed by atoms with E-state index in [1.54, 1.807) is 12.1 Å². The van der Waals surface area contributed by atoms with Gasteiger partial charge >= 0.3 is 5.97 Å². The number of hydrogen-bond acceptors (Lipinski definition) is 7. The van der Waals surface area contributed by atoms with Crippen LogP contribution in [0.1, 0.15) is 0 Å². The van der Waals surface area contributed by atoms with E-state index >= 15 is 0 Å². The van der Waals surface area contributed by atoms with Gasteiger partial charge in [-0.15, -0.1) is 23.5 Å². The molecule has 0 aromatic heterocycles. The highest BCUT2D eigenvalue weighted by Crippen LogP contribution is 2.40. The molecule has 3 rings (SSSR count). The number of benzene rings is 1. The van der Waals surface area contributed by atoms with Crippen LogP contribution in [0.15, 0.2) is 40.4 Å². The minimum absolute atomic E-state index is 0.000942. The lowest BCUT2D eigenvalue weighted by Gasteiger charge is -2.48. The Balaban J connectivity index is 1.76. The third-order valence-electron chi connectivity index (χ3n) is 3.75. The summed E-state index contributed by atoms with van der Waals surface area (Å²) >= 11 is 2.82. The van der Waals surface area contributed by atoms with Crippen molar-refractivity contribution in [1.82, 2.24) is 4.90 Å². The number of carboxylic acid groups (broad SMARTS) is 1. The van der Waals surface area contributed by atoms with Crippen molar-refractivity contribution in [2.75, 3.05) is 11.5 Å². The summed E-state index contributed by atoms with van der Waals surface area (Å²) in [7, 11) is 0. The van der Waals surface area contributed by atoms with Crippen LogP contribution in [0.4, 0.5) is 5.69 Å². The molecule has 1 amide bonds. The zero-order chi connectivity index (χ0) is 17.4. The van der Waals surface area contributed by atoms with Crippen LogP contribution in [-0.4, -0.2) is 49.7 Å². The van der Waals surface area contributed by atoms with Gasteiger partial charge in [0.05, 0.1) is 4.92 Å². The van der Waals surface area contributed by atoms with Crippen LogP contribution in [0.25, 0.3) is 0 Å². The summed E-state index contributed by atoms with van der Waals surface area (Å²) in [4.78, 5) is 35.6. The normalized spacial score (nSPS) is 22.9. The van der Waals surface area contributed by atoms with Crippen LogP contribution in [0.3, 0.4) is 0 Å². The largest absolute Gasteiger partial charge is 0.477 e. The second-order valence-corrected chi connectivity index (χ2v) is 7.39. The molecule has 10 heteroatoms. The van der Waals surface area contributed by atoms with E-state index in [-0.39, 0.29) is 22.7 Å². The van der Waals surface area contributed by atoms with Crippen LogP contribution in [0.2, 0.25) is 0 Å². The first-order valence-corrected chi connectivity index (χ1v) is 8.96. The Morgan fingerprint density at radius 1 is 1.46 bits per heavy atom. The lowest BCUT2D eigenvalue weighted by atomic mass is 10.0. The van der Waals surface area contributed by atoms with E-state index in [1.807, 2.05) is 0 Å². The maximum atomic E-state index is 11.9. The monoisotopic (exact) mass is 367 g/mol.